The number of ether oxygens (including phenoxy) is 1. The Labute approximate surface area is 153 Å². The molecular formula is C17H19BrN2O3S. The van der Waals surface area contributed by atoms with Gasteiger partial charge < -0.3 is 15.4 Å². The molecule has 0 saturated carbocycles. The third-order valence-electron chi connectivity index (χ3n) is 3.14. The Kier molecular flexibility index (Phi) is 7.27. The van der Waals surface area contributed by atoms with Crippen molar-refractivity contribution in [3.8, 4) is 5.75 Å². The van der Waals surface area contributed by atoms with Crippen LogP contribution in [0.2, 0.25) is 0 Å². The molecule has 128 valence electrons. The first kappa shape index (κ1) is 18.5. The first-order chi connectivity index (χ1) is 11.5. The molecule has 0 aliphatic carbocycles. The number of hydrogen-bond acceptors (Lipinski definition) is 4. The molecule has 0 aliphatic heterocycles. The van der Waals surface area contributed by atoms with Crippen molar-refractivity contribution in [3.05, 3.63) is 51.1 Å². The second-order valence-electron chi connectivity index (χ2n) is 5.13. The van der Waals surface area contributed by atoms with Gasteiger partial charge in [0.1, 0.15) is 12.4 Å². The van der Waals surface area contributed by atoms with Gasteiger partial charge in [0, 0.05) is 16.3 Å². The Bertz CT molecular complexity index is 676. The Hall–Kier alpha value is -1.86. The number of benzene rings is 1. The van der Waals surface area contributed by atoms with Crippen molar-refractivity contribution in [1.29, 1.82) is 0 Å². The first-order valence-corrected chi connectivity index (χ1v) is 9.17. The van der Waals surface area contributed by atoms with Crippen LogP contribution in [0.4, 0.5) is 0 Å². The molecule has 0 radical (unpaired) electrons. The summed E-state index contributed by atoms with van der Waals surface area (Å²) >= 11 is 4.89. The lowest BCUT2D eigenvalue weighted by molar-refractivity contribution is -0.122. The van der Waals surface area contributed by atoms with Crippen molar-refractivity contribution in [1.82, 2.24) is 10.6 Å². The lowest BCUT2D eigenvalue weighted by atomic mass is 10.1. The minimum absolute atomic E-state index is 0.125. The van der Waals surface area contributed by atoms with Gasteiger partial charge in [-0.15, -0.1) is 11.3 Å². The highest BCUT2D eigenvalue weighted by molar-refractivity contribution is 9.10. The van der Waals surface area contributed by atoms with Crippen LogP contribution in [-0.4, -0.2) is 25.0 Å². The van der Waals surface area contributed by atoms with Gasteiger partial charge in [-0.05, 0) is 29.6 Å². The number of thiophene rings is 1. The highest BCUT2D eigenvalue weighted by atomic mass is 79.9. The van der Waals surface area contributed by atoms with E-state index in [1.807, 2.05) is 41.8 Å². The predicted molar refractivity (Wildman–Crippen MR) is 98.1 cm³/mol. The lowest BCUT2D eigenvalue weighted by Gasteiger charge is -2.16. The van der Waals surface area contributed by atoms with Crippen molar-refractivity contribution in [2.45, 2.75) is 19.4 Å². The van der Waals surface area contributed by atoms with E-state index in [4.69, 9.17) is 4.74 Å². The molecule has 0 bridgehead atoms. The van der Waals surface area contributed by atoms with E-state index >= 15 is 0 Å². The van der Waals surface area contributed by atoms with E-state index in [0.29, 0.717) is 13.2 Å². The zero-order valence-corrected chi connectivity index (χ0v) is 15.7. The molecular weight excluding hydrogens is 392 g/mol. The topological polar surface area (TPSA) is 67.4 Å². The van der Waals surface area contributed by atoms with E-state index in [0.717, 1.165) is 15.1 Å². The van der Waals surface area contributed by atoms with Crippen molar-refractivity contribution in [3.63, 3.8) is 0 Å². The molecule has 1 aromatic heterocycles. The predicted octanol–water partition coefficient (Wildman–Crippen LogP) is 3.27. The van der Waals surface area contributed by atoms with E-state index < -0.39 is 0 Å². The van der Waals surface area contributed by atoms with Crippen LogP contribution >= 0.6 is 27.3 Å². The number of carbonyl (C=O) groups excluding carboxylic acids is 2. The van der Waals surface area contributed by atoms with Crippen LogP contribution in [0.1, 0.15) is 24.3 Å². The van der Waals surface area contributed by atoms with Crippen LogP contribution < -0.4 is 15.4 Å². The molecule has 2 amide bonds. The summed E-state index contributed by atoms with van der Waals surface area (Å²) in [6.45, 7) is 2.24. The van der Waals surface area contributed by atoms with Gasteiger partial charge in [0.2, 0.25) is 11.8 Å². The SMILES string of the molecule is CC(=O)N[C@@H](CC(=O)NCCOc1cccc(Br)c1)c1cccs1. The van der Waals surface area contributed by atoms with Crippen LogP contribution in [0.15, 0.2) is 46.3 Å². The third-order valence-corrected chi connectivity index (χ3v) is 4.62. The number of rotatable bonds is 8. The summed E-state index contributed by atoms with van der Waals surface area (Å²) in [4.78, 5) is 24.4. The average molecular weight is 411 g/mol. The summed E-state index contributed by atoms with van der Waals surface area (Å²) < 4.78 is 6.51. The van der Waals surface area contributed by atoms with E-state index in [1.165, 1.54) is 18.3 Å². The molecule has 1 heterocycles. The number of hydrogen-bond donors (Lipinski definition) is 2. The third kappa shape index (κ3) is 6.33. The molecule has 7 heteroatoms. The molecule has 2 rings (SSSR count). The summed E-state index contributed by atoms with van der Waals surface area (Å²) in [5.74, 6) is 0.465. The average Bonchev–Trinajstić information content (AvgIpc) is 3.05. The Morgan fingerprint density at radius 1 is 1.29 bits per heavy atom. The van der Waals surface area contributed by atoms with Gasteiger partial charge in [0.05, 0.1) is 19.0 Å². The van der Waals surface area contributed by atoms with Crippen molar-refractivity contribution < 1.29 is 14.3 Å². The van der Waals surface area contributed by atoms with Crippen LogP contribution in [-0.2, 0) is 9.59 Å². The van der Waals surface area contributed by atoms with E-state index in [-0.39, 0.29) is 24.3 Å². The smallest absolute Gasteiger partial charge is 0.222 e. The van der Waals surface area contributed by atoms with E-state index in [9.17, 15) is 9.59 Å². The maximum Gasteiger partial charge on any atom is 0.222 e. The van der Waals surface area contributed by atoms with Gasteiger partial charge in [-0.1, -0.05) is 28.1 Å². The minimum atomic E-state index is -0.298. The maximum atomic E-state index is 12.1. The Morgan fingerprint density at radius 2 is 2.12 bits per heavy atom. The van der Waals surface area contributed by atoms with Crippen LogP contribution in [0.5, 0.6) is 5.75 Å². The largest absolute Gasteiger partial charge is 0.492 e. The standard InChI is InChI=1S/C17H19BrN2O3S/c1-12(21)20-15(16-6-3-9-24-16)11-17(22)19-7-8-23-14-5-2-4-13(18)10-14/h2-6,9-10,15H,7-8,11H2,1H3,(H,19,22)(H,20,21)/t15-/m0/s1. The normalized spacial score (nSPS) is 11.6. The van der Waals surface area contributed by atoms with Gasteiger partial charge in [0.25, 0.3) is 0 Å². The van der Waals surface area contributed by atoms with Crippen molar-refractivity contribution in [2.75, 3.05) is 13.2 Å². The van der Waals surface area contributed by atoms with Crippen molar-refractivity contribution in [2.24, 2.45) is 0 Å². The molecule has 0 aliphatic rings. The molecule has 0 fully saturated rings. The second kappa shape index (κ2) is 9.44. The highest BCUT2D eigenvalue weighted by Gasteiger charge is 2.17. The number of halogens is 1. The number of nitrogens with one attached hydrogen (secondary N) is 2. The molecule has 0 saturated heterocycles. The van der Waals surface area contributed by atoms with Gasteiger partial charge in [-0.3, -0.25) is 9.59 Å². The van der Waals surface area contributed by atoms with Gasteiger partial charge in [-0.2, -0.15) is 0 Å². The molecule has 1 atom stereocenters. The lowest BCUT2D eigenvalue weighted by Crippen LogP contribution is -2.34. The van der Waals surface area contributed by atoms with Crippen LogP contribution in [0.3, 0.4) is 0 Å². The first-order valence-electron chi connectivity index (χ1n) is 7.50. The number of carbonyl (C=O) groups is 2. The zero-order valence-electron chi connectivity index (χ0n) is 13.3. The molecule has 0 spiro atoms. The van der Waals surface area contributed by atoms with Gasteiger partial charge in [-0.25, -0.2) is 0 Å². The number of amides is 2. The van der Waals surface area contributed by atoms with Crippen LogP contribution in [0.25, 0.3) is 0 Å². The molecule has 5 nitrogen and oxygen atoms in total. The molecule has 2 aromatic rings. The summed E-state index contributed by atoms with van der Waals surface area (Å²) in [6.07, 6.45) is 0.205. The Balaban J connectivity index is 1.76. The Morgan fingerprint density at radius 3 is 2.79 bits per heavy atom. The van der Waals surface area contributed by atoms with Gasteiger partial charge in [0.15, 0.2) is 0 Å². The fourth-order valence-electron chi connectivity index (χ4n) is 2.13. The monoisotopic (exact) mass is 410 g/mol. The summed E-state index contributed by atoms with van der Waals surface area (Å²) in [6, 6.07) is 11.0. The summed E-state index contributed by atoms with van der Waals surface area (Å²) in [5.41, 5.74) is 0. The molecule has 24 heavy (non-hydrogen) atoms. The molecule has 1 aromatic carbocycles. The fraction of sp³-hybridized carbons (Fsp3) is 0.294. The van der Waals surface area contributed by atoms with Crippen LogP contribution in [0, 0.1) is 0 Å². The zero-order chi connectivity index (χ0) is 17.4. The molecule has 0 unspecified atom stereocenters. The fourth-order valence-corrected chi connectivity index (χ4v) is 3.29. The quantitative estimate of drug-likeness (QED) is 0.656. The maximum absolute atomic E-state index is 12.1. The second-order valence-corrected chi connectivity index (χ2v) is 7.02. The summed E-state index contributed by atoms with van der Waals surface area (Å²) in [7, 11) is 0. The summed E-state index contributed by atoms with van der Waals surface area (Å²) in [5, 5.41) is 7.55. The van der Waals surface area contributed by atoms with E-state index in [2.05, 4.69) is 26.6 Å². The van der Waals surface area contributed by atoms with Crippen molar-refractivity contribution >= 4 is 39.1 Å². The minimum Gasteiger partial charge on any atom is -0.492 e. The van der Waals surface area contributed by atoms with Gasteiger partial charge >= 0.3 is 0 Å². The highest BCUT2D eigenvalue weighted by Crippen LogP contribution is 2.22. The van der Waals surface area contributed by atoms with E-state index in [1.54, 1.807) is 0 Å². The molecule has 2 N–H and O–H groups in total.